The molecule has 0 saturated carbocycles. The van der Waals surface area contributed by atoms with E-state index in [1.165, 1.54) is 38.8 Å². The molecule has 1 saturated heterocycles. The van der Waals surface area contributed by atoms with Crippen molar-refractivity contribution in [2.75, 3.05) is 26.2 Å². The lowest BCUT2D eigenvalue weighted by Crippen LogP contribution is -2.29. The van der Waals surface area contributed by atoms with Crippen molar-refractivity contribution in [3.63, 3.8) is 0 Å². The van der Waals surface area contributed by atoms with Crippen molar-refractivity contribution in [3.05, 3.63) is 93.4 Å². The molecule has 1 N–H and O–H groups in total. The molecule has 2 heterocycles. The number of likely N-dealkylation sites (tertiary alicyclic amines) is 1. The number of nitrogens with zero attached hydrogens (tertiary/aromatic N) is 2. The Hall–Kier alpha value is -3.31. The average Bonchev–Trinajstić information content (AvgIpc) is 3.27. The van der Waals surface area contributed by atoms with Crippen molar-refractivity contribution in [1.82, 2.24) is 9.47 Å². The number of benzene rings is 2. The van der Waals surface area contributed by atoms with Crippen LogP contribution in [0.4, 0.5) is 0 Å². The number of hydrogen-bond donors (Lipinski definition) is 1. The molecule has 1 aromatic heterocycles. The summed E-state index contributed by atoms with van der Waals surface area (Å²) in [5, 5.41) is 9.87. The minimum absolute atomic E-state index is 0.00125. The highest BCUT2D eigenvalue weighted by atomic mass is 16.5. The number of phenolic OH excluding ortho intramolecular Hbond substituents is 1. The molecule has 5 rings (SSSR count). The maximum Gasteiger partial charge on any atom is 0.251 e. The van der Waals surface area contributed by atoms with Crippen LogP contribution in [-0.4, -0.2) is 40.8 Å². The third kappa shape index (κ3) is 6.08. The molecular formula is C31H36N2O3. The minimum atomic E-state index is 0.00125. The Balaban J connectivity index is 1.28. The quantitative estimate of drug-likeness (QED) is 0.465. The molecule has 0 amide bonds. The first kappa shape index (κ1) is 24.4. The highest BCUT2D eigenvalue weighted by molar-refractivity contribution is 5.82. The van der Waals surface area contributed by atoms with Crippen LogP contribution in [0.25, 0.3) is 11.6 Å². The molecule has 1 fully saturated rings. The first-order valence-electron chi connectivity index (χ1n) is 13.3. The van der Waals surface area contributed by atoms with Crippen LogP contribution in [0.1, 0.15) is 60.9 Å². The van der Waals surface area contributed by atoms with Crippen molar-refractivity contribution in [3.8, 4) is 11.5 Å². The summed E-state index contributed by atoms with van der Waals surface area (Å²) < 4.78 is 7.88. The number of aromatic hydroxyl groups is 1. The largest absolute Gasteiger partial charge is 0.508 e. The molecule has 3 aromatic rings. The molecule has 0 radical (unpaired) electrons. The molecule has 0 atom stereocenters. The van der Waals surface area contributed by atoms with E-state index in [4.69, 9.17) is 4.74 Å². The summed E-state index contributed by atoms with van der Waals surface area (Å²) in [5.41, 5.74) is 5.46. The van der Waals surface area contributed by atoms with Gasteiger partial charge in [-0.25, -0.2) is 0 Å². The monoisotopic (exact) mass is 484 g/mol. The second-order valence-electron chi connectivity index (χ2n) is 9.99. The number of phenols is 1. The molecule has 188 valence electrons. The van der Waals surface area contributed by atoms with Gasteiger partial charge in [0.2, 0.25) is 0 Å². The fourth-order valence-electron chi connectivity index (χ4n) is 5.37. The first-order chi connectivity index (χ1) is 17.7. The summed E-state index contributed by atoms with van der Waals surface area (Å²) in [6, 6.07) is 19.2. The van der Waals surface area contributed by atoms with Gasteiger partial charge in [0, 0.05) is 18.3 Å². The number of aryl methyl sites for hydroxylation is 1. The second-order valence-corrected chi connectivity index (χ2v) is 9.99. The first-order valence-corrected chi connectivity index (χ1v) is 13.3. The number of rotatable bonds is 7. The minimum Gasteiger partial charge on any atom is -0.508 e. The van der Waals surface area contributed by atoms with Gasteiger partial charge in [-0.1, -0.05) is 37.1 Å². The van der Waals surface area contributed by atoms with Crippen LogP contribution >= 0.6 is 0 Å². The molecule has 0 unspecified atom stereocenters. The van der Waals surface area contributed by atoms with Gasteiger partial charge in [0.1, 0.15) is 18.1 Å². The zero-order valence-corrected chi connectivity index (χ0v) is 21.0. The Morgan fingerprint density at radius 1 is 0.861 bits per heavy atom. The number of fused-ring (bicyclic) bond motifs is 1. The van der Waals surface area contributed by atoms with E-state index in [2.05, 4.69) is 23.1 Å². The molecule has 5 nitrogen and oxygen atoms in total. The van der Waals surface area contributed by atoms with E-state index >= 15 is 0 Å². The van der Waals surface area contributed by atoms with Crippen molar-refractivity contribution >= 4 is 11.6 Å². The van der Waals surface area contributed by atoms with Gasteiger partial charge in [0.05, 0.1) is 6.54 Å². The summed E-state index contributed by atoms with van der Waals surface area (Å²) in [6.45, 7) is 4.56. The lowest BCUT2D eigenvalue weighted by Gasteiger charge is -2.19. The highest BCUT2D eigenvalue weighted by Crippen LogP contribution is 2.31. The third-order valence-electron chi connectivity index (χ3n) is 7.37. The molecule has 5 heteroatoms. The molecule has 2 aliphatic rings. The maximum absolute atomic E-state index is 12.9. The summed E-state index contributed by atoms with van der Waals surface area (Å²) in [4.78, 5) is 15.4. The van der Waals surface area contributed by atoms with Gasteiger partial charge in [0.25, 0.3) is 5.56 Å². The summed E-state index contributed by atoms with van der Waals surface area (Å²) in [6.07, 6.45) is 10.2. The van der Waals surface area contributed by atoms with Crippen LogP contribution in [0.15, 0.2) is 65.5 Å². The van der Waals surface area contributed by atoms with E-state index in [-0.39, 0.29) is 5.56 Å². The Kier molecular flexibility index (Phi) is 7.87. The Morgan fingerprint density at radius 3 is 2.47 bits per heavy atom. The lowest BCUT2D eigenvalue weighted by molar-refractivity contribution is 0.214. The van der Waals surface area contributed by atoms with Crippen LogP contribution < -0.4 is 10.3 Å². The van der Waals surface area contributed by atoms with Crippen molar-refractivity contribution in [2.45, 2.75) is 51.5 Å². The van der Waals surface area contributed by atoms with Crippen LogP contribution in [-0.2, 0) is 13.0 Å². The number of ether oxygens (including phenoxy) is 1. The Bertz CT molecular complexity index is 1250. The summed E-state index contributed by atoms with van der Waals surface area (Å²) in [5.74, 6) is 1.18. The average molecular weight is 485 g/mol. The normalized spacial score (nSPS) is 16.5. The van der Waals surface area contributed by atoms with E-state index in [0.29, 0.717) is 18.9 Å². The van der Waals surface area contributed by atoms with Crippen LogP contribution in [0.2, 0.25) is 0 Å². The summed E-state index contributed by atoms with van der Waals surface area (Å²) in [7, 11) is 0. The molecule has 1 aliphatic heterocycles. The van der Waals surface area contributed by atoms with Crippen LogP contribution in [0.3, 0.4) is 0 Å². The highest BCUT2D eigenvalue weighted by Gasteiger charge is 2.15. The van der Waals surface area contributed by atoms with Gasteiger partial charge in [0.15, 0.2) is 0 Å². The summed E-state index contributed by atoms with van der Waals surface area (Å²) >= 11 is 0. The van der Waals surface area contributed by atoms with Gasteiger partial charge in [-0.15, -0.1) is 0 Å². The van der Waals surface area contributed by atoms with Gasteiger partial charge in [-0.2, -0.15) is 0 Å². The van der Waals surface area contributed by atoms with Crippen molar-refractivity contribution in [2.24, 2.45) is 0 Å². The standard InChI is InChI=1S/C31H36N2O3/c34-28-14-13-26-21-27(8-5-7-25(26)22-28)30-9-6-10-31(35)33(30)23-24-11-15-29(16-12-24)36-20-19-32-17-3-1-2-4-18-32/h6,9-16,21-22,34H,1-5,7-8,17-20,23H2. The maximum atomic E-state index is 12.9. The Labute approximate surface area is 213 Å². The molecule has 0 spiro atoms. The van der Waals surface area contributed by atoms with E-state index in [0.717, 1.165) is 59.5 Å². The van der Waals surface area contributed by atoms with Crippen molar-refractivity contribution < 1.29 is 9.84 Å². The fourth-order valence-corrected chi connectivity index (χ4v) is 5.37. The molecule has 0 bridgehead atoms. The zero-order chi connectivity index (χ0) is 24.7. The van der Waals surface area contributed by atoms with Gasteiger partial charge >= 0.3 is 0 Å². The van der Waals surface area contributed by atoms with Gasteiger partial charge in [-0.3, -0.25) is 9.69 Å². The van der Waals surface area contributed by atoms with E-state index in [1.54, 1.807) is 12.1 Å². The number of pyridine rings is 1. The lowest BCUT2D eigenvalue weighted by atomic mass is 10.0. The van der Waals surface area contributed by atoms with Crippen LogP contribution in [0.5, 0.6) is 11.5 Å². The van der Waals surface area contributed by atoms with E-state index < -0.39 is 0 Å². The topological polar surface area (TPSA) is 54.7 Å². The van der Waals surface area contributed by atoms with Crippen LogP contribution in [0, 0.1) is 0 Å². The van der Waals surface area contributed by atoms with E-state index in [9.17, 15) is 9.90 Å². The predicted molar refractivity (Wildman–Crippen MR) is 146 cm³/mol. The Morgan fingerprint density at radius 2 is 1.67 bits per heavy atom. The fraction of sp³-hybridized carbons (Fsp3) is 0.387. The van der Waals surface area contributed by atoms with Gasteiger partial charge < -0.3 is 14.4 Å². The predicted octanol–water partition coefficient (Wildman–Crippen LogP) is 5.73. The molecular weight excluding hydrogens is 448 g/mol. The SMILES string of the molecule is O=c1cccc(C2=Cc3ccc(O)cc3CCC2)n1Cc1ccc(OCCN2CCCCCC2)cc1. The number of aromatic nitrogens is 1. The molecule has 1 aliphatic carbocycles. The zero-order valence-electron chi connectivity index (χ0n) is 21.0. The smallest absolute Gasteiger partial charge is 0.251 e. The third-order valence-corrected chi connectivity index (χ3v) is 7.37. The van der Waals surface area contributed by atoms with Crippen molar-refractivity contribution in [1.29, 1.82) is 0 Å². The van der Waals surface area contributed by atoms with Gasteiger partial charge in [-0.05, 0) is 104 Å². The molecule has 2 aromatic carbocycles. The second kappa shape index (κ2) is 11.6. The number of allylic oxidation sites excluding steroid dienone is 1. The molecule has 36 heavy (non-hydrogen) atoms. The number of hydrogen-bond acceptors (Lipinski definition) is 4. The van der Waals surface area contributed by atoms with E-state index in [1.807, 2.05) is 41.0 Å².